The molecule has 1 aromatic carbocycles. The number of nitrogens with zero attached hydrogens (tertiary/aromatic N) is 1. The van der Waals surface area contributed by atoms with Gasteiger partial charge in [-0.3, -0.25) is 4.79 Å². The molecule has 0 saturated carbocycles. The van der Waals surface area contributed by atoms with Crippen molar-refractivity contribution in [3.63, 3.8) is 0 Å². The highest BCUT2D eigenvalue weighted by Gasteiger charge is 2.00. The van der Waals surface area contributed by atoms with Crippen LogP contribution in [0.5, 0.6) is 5.75 Å². The number of hydrogen-bond donors (Lipinski definition) is 1. The molecule has 1 aromatic rings. The van der Waals surface area contributed by atoms with Gasteiger partial charge in [0.15, 0.2) is 0 Å². The van der Waals surface area contributed by atoms with Gasteiger partial charge in [0.05, 0.1) is 6.42 Å². The fraction of sp³-hybridized carbons (Fsp3) is 0.200. The molecule has 1 amide bonds. The zero-order chi connectivity index (χ0) is 9.68. The van der Waals surface area contributed by atoms with Crippen molar-refractivity contribution >= 4 is 12.1 Å². The van der Waals surface area contributed by atoms with Crippen LogP contribution in [0.1, 0.15) is 12.5 Å². The van der Waals surface area contributed by atoms with Crippen LogP contribution < -0.4 is 0 Å². The summed E-state index contributed by atoms with van der Waals surface area (Å²) in [7, 11) is 0. The Morgan fingerprint density at radius 3 is 3.00 bits per heavy atom. The molecule has 0 fully saturated rings. The molecule has 0 aliphatic heterocycles. The lowest BCUT2D eigenvalue weighted by Gasteiger charge is -1.97. The van der Waals surface area contributed by atoms with Gasteiger partial charge in [-0.15, -0.1) is 0 Å². The van der Waals surface area contributed by atoms with Crippen LogP contribution in [0.15, 0.2) is 29.3 Å². The first-order valence-corrected chi connectivity index (χ1v) is 4.02. The standard InChI is InChI=1S/C10H11NO2/c1-2-11-10(13)7-8-4-3-5-9(12)6-8/h2-6,12H,7H2,1H3. The van der Waals surface area contributed by atoms with Gasteiger partial charge in [0.25, 0.3) is 0 Å². The topological polar surface area (TPSA) is 49.7 Å². The fourth-order valence-corrected chi connectivity index (χ4v) is 1.03. The summed E-state index contributed by atoms with van der Waals surface area (Å²) in [5.74, 6) is -0.0288. The average molecular weight is 177 g/mol. The van der Waals surface area contributed by atoms with Crippen LogP contribution in [0, 0.1) is 0 Å². The minimum atomic E-state index is -0.201. The van der Waals surface area contributed by atoms with Crippen molar-refractivity contribution in [2.24, 2.45) is 4.99 Å². The van der Waals surface area contributed by atoms with Crippen molar-refractivity contribution in [2.45, 2.75) is 13.3 Å². The van der Waals surface area contributed by atoms with E-state index in [1.807, 2.05) is 0 Å². The molecule has 0 aliphatic carbocycles. The number of phenols is 1. The predicted molar refractivity (Wildman–Crippen MR) is 51.0 cm³/mol. The molecule has 0 radical (unpaired) electrons. The molecule has 0 aliphatic rings. The third kappa shape index (κ3) is 3.07. The summed E-state index contributed by atoms with van der Waals surface area (Å²) >= 11 is 0. The minimum Gasteiger partial charge on any atom is -0.508 e. The number of phenolic OH excluding ortho intramolecular Hbond substituents is 1. The molecule has 13 heavy (non-hydrogen) atoms. The van der Waals surface area contributed by atoms with Gasteiger partial charge in [-0.2, -0.15) is 0 Å². The Morgan fingerprint density at radius 2 is 2.38 bits per heavy atom. The van der Waals surface area contributed by atoms with Gasteiger partial charge < -0.3 is 5.11 Å². The monoisotopic (exact) mass is 177 g/mol. The van der Waals surface area contributed by atoms with E-state index in [1.165, 1.54) is 6.21 Å². The van der Waals surface area contributed by atoms with E-state index in [4.69, 9.17) is 5.11 Å². The van der Waals surface area contributed by atoms with Gasteiger partial charge in [-0.1, -0.05) is 12.1 Å². The molecule has 0 unspecified atom stereocenters. The lowest BCUT2D eigenvalue weighted by molar-refractivity contribution is -0.117. The van der Waals surface area contributed by atoms with Gasteiger partial charge >= 0.3 is 0 Å². The summed E-state index contributed by atoms with van der Waals surface area (Å²) in [6.07, 6.45) is 1.70. The molecule has 68 valence electrons. The number of aliphatic imine (C=N–C) groups is 1. The van der Waals surface area contributed by atoms with Crippen molar-refractivity contribution in [1.82, 2.24) is 0 Å². The van der Waals surface area contributed by atoms with E-state index < -0.39 is 0 Å². The highest BCUT2D eigenvalue weighted by molar-refractivity contribution is 5.85. The van der Waals surface area contributed by atoms with Crippen LogP contribution in [0.3, 0.4) is 0 Å². The summed E-state index contributed by atoms with van der Waals surface area (Å²) in [4.78, 5) is 14.6. The summed E-state index contributed by atoms with van der Waals surface area (Å²) < 4.78 is 0. The Bertz CT molecular complexity index is 331. The van der Waals surface area contributed by atoms with E-state index in [9.17, 15) is 4.79 Å². The minimum absolute atomic E-state index is 0.172. The summed E-state index contributed by atoms with van der Waals surface area (Å²) in [5, 5.41) is 9.11. The summed E-state index contributed by atoms with van der Waals surface area (Å²) in [6.45, 7) is 1.69. The van der Waals surface area contributed by atoms with E-state index in [0.717, 1.165) is 5.56 Å². The third-order valence-corrected chi connectivity index (χ3v) is 1.54. The molecule has 1 N–H and O–H groups in total. The Kier molecular flexibility index (Phi) is 3.20. The first kappa shape index (κ1) is 9.45. The van der Waals surface area contributed by atoms with Crippen molar-refractivity contribution in [1.29, 1.82) is 0 Å². The summed E-state index contributed by atoms with van der Waals surface area (Å²) in [6, 6.07) is 6.61. The van der Waals surface area contributed by atoms with Gasteiger partial charge in [0.1, 0.15) is 5.75 Å². The Hall–Kier alpha value is -1.64. The molecular weight excluding hydrogens is 166 g/mol. The number of carbonyl (C=O) groups is 1. The molecule has 1 rings (SSSR count). The second-order valence-corrected chi connectivity index (χ2v) is 2.63. The van der Waals surface area contributed by atoms with E-state index in [-0.39, 0.29) is 18.1 Å². The molecule has 3 nitrogen and oxygen atoms in total. The molecule has 0 heterocycles. The molecule has 0 bridgehead atoms. The van der Waals surface area contributed by atoms with E-state index in [1.54, 1.807) is 31.2 Å². The first-order chi connectivity index (χ1) is 6.22. The van der Waals surface area contributed by atoms with Crippen molar-refractivity contribution < 1.29 is 9.90 Å². The summed E-state index contributed by atoms with van der Waals surface area (Å²) in [5.41, 5.74) is 0.774. The normalized spacial score (nSPS) is 10.5. The molecule has 0 aromatic heterocycles. The van der Waals surface area contributed by atoms with Gasteiger partial charge in [0.2, 0.25) is 5.91 Å². The number of carbonyl (C=O) groups excluding carboxylic acids is 1. The number of amides is 1. The Balaban J connectivity index is 2.69. The SMILES string of the molecule is CC=NC(=O)Cc1cccc(O)c1. The van der Waals surface area contributed by atoms with Crippen molar-refractivity contribution in [3.05, 3.63) is 29.8 Å². The first-order valence-electron chi connectivity index (χ1n) is 4.02. The predicted octanol–water partition coefficient (Wildman–Crippen LogP) is 1.55. The average Bonchev–Trinajstić information content (AvgIpc) is 2.04. The van der Waals surface area contributed by atoms with Crippen molar-refractivity contribution in [2.75, 3.05) is 0 Å². The van der Waals surface area contributed by atoms with Crippen molar-refractivity contribution in [3.8, 4) is 5.75 Å². The highest BCUT2D eigenvalue weighted by atomic mass is 16.3. The maximum absolute atomic E-state index is 11.0. The van der Waals surface area contributed by atoms with Crippen LogP contribution in [-0.4, -0.2) is 17.2 Å². The molecule has 0 spiro atoms. The van der Waals surface area contributed by atoms with Gasteiger partial charge in [-0.05, 0) is 24.6 Å². The second kappa shape index (κ2) is 4.40. The van der Waals surface area contributed by atoms with E-state index in [2.05, 4.69) is 4.99 Å². The number of aromatic hydroxyl groups is 1. The highest BCUT2D eigenvalue weighted by Crippen LogP contribution is 2.11. The zero-order valence-corrected chi connectivity index (χ0v) is 7.40. The Morgan fingerprint density at radius 1 is 1.62 bits per heavy atom. The number of benzene rings is 1. The third-order valence-electron chi connectivity index (χ3n) is 1.54. The van der Waals surface area contributed by atoms with Gasteiger partial charge in [0, 0.05) is 6.21 Å². The maximum Gasteiger partial charge on any atom is 0.249 e. The number of hydrogen-bond acceptors (Lipinski definition) is 2. The van der Waals surface area contributed by atoms with Crippen LogP contribution in [0.2, 0.25) is 0 Å². The Labute approximate surface area is 76.7 Å². The van der Waals surface area contributed by atoms with Crippen LogP contribution in [0.4, 0.5) is 0 Å². The zero-order valence-electron chi connectivity index (χ0n) is 7.40. The smallest absolute Gasteiger partial charge is 0.249 e. The quantitative estimate of drug-likeness (QED) is 0.697. The molecule has 0 atom stereocenters. The van der Waals surface area contributed by atoms with Crippen LogP contribution >= 0.6 is 0 Å². The van der Waals surface area contributed by atoms with Crippen LogP contribution in [0.25, 0.3) is 0 Å². The second-order valence-electron chi connectivity index (χ2n) is 2.63. The maximum atomic E-state index is 11.0. The van der Waals surface area contributed by atoms with E-state index >= 15 is 0 Å². The largest absolute Gasteiger partial charge is 0.508 e. The van der Waals surface area contributed by atoms with Gasteiger partial charge in [-0.25, -0.2) is 4.99 Å². The van der Waals surface area contributed by atoms with Crippen LogP contribution in [-0.2, 0) is 11.2 Å². The lowest BCUT2D eigenvalue weighted by Crippen LogP contribution is -1.98. The number of rotatable bonds is 2. The lowest BCUT2D eigenvalue weighted by atomic mass is 10.1. The molecular formula is C10H11NO2. The molecule has 0 saturated heterocycles. The van der Waals surface area contributed by atoms with E-state index in [0.29, 0.717) is 0 Å². The molecule has 3 heteroatoms. The fourth-order valence-electron chi connectivity index (χ4n) is 1.03.